The molecule has 3 aromatic heterocycles. The molecule has 0 aliphatic heterocycles. The average molecular weight is 354 g/mol. The summed E-state index contributed by atoms with van der Waals surface area (Å²) in [7, 11) is 0. The molecule has 0 radical (unpaired) electrons. The smallest absolute Gasteiger partial charge is 0.101 e. The molecule has 0 spiro atoms. The van der Waals surface area contributed by atoms with Gasteiger partial charge in [0.2, 0.25) is 0 Å². The Morgan fingerprint density at radius 3 is 2.67 bits per heavy atom. The lowest BCUT2D eigenvalue weighted by Crippen LogP contribution is -1.98. The molecule has 24 heavy (non-hydrogen) atoms. The molecule has 0 fully saturated rings. The number of rotatable bonds is 4. The van der Waals surface area contributed by atoms with E-state index in [-0.39, 0.29) is 0 Å². The second-order valence-electron chi connectivity index (χ2n) is 5.91. The monoisotopic (exact) mass is 353 g/mol. The molecule has 0 N–H and O–H groups in total. The fourth-order valence-electron chi connectivity index (χ4n) is 3.19. The van der Waals surface area contributed by atoms with Crippen molar-refractivity contribution in [2.24, 2.45) is 0 Å². The third-order valence-corrected chi connectivity index (χ3v) is 6.24. The SMILES string of the molecule is CCn1c(C)cc(-c2csc(Cc3nc4ccccc4s3)n2)c1C. The highest BCUT2D eigenvalue weighted by molar-refractivity contribution is 7.18. The molecule has 3 nitrogen and oxygen atoms in total. The van der Waals surface area contributed by atoms with Crippen molar-refractivity contribution in [1.82, 2.24) is 14.5 Å². The van der Waals surface area contributed by atoms with Crippen molar-refractivity contribution in [3.8, 4) is 11.3 Å². The van der Waals surface area contributed by atoms with E-state index < -0.39 is 0 Å². The second kappa shape index (κ2) is 6.15. The van der Waals surface area contributed by atoms with Crippen LogP contribution in [0, 0.1) is 13.8 Å². The fraction of sp³-hybridized carbons (Fsp3) is 0.263. The third kappa shape index (κ3) is 2.68. The Kier molecular flexibility index (Phi) is 3.98. The molecule has 0 bridgehead atoms. The van der Waals surface area contributed by atoms with Crippen LogP contribution in [0.5, 0.6) is 0 Å². The van der Waals surface area contributed by atoms with Crippen LogP contribution in [0.15, 0.2) is 35.7 Å². The summed E-state index contributed by atoms with van der Waals surface area (Å²) in [6.07, 6.45) is 0.816. The summed E-state index contributed by atoms with van der Waals surface area (Å²) in [6.45, 7) is 7.52. The predicted octanol–water partition coefficient (Wildman–Crippen LogP) is 5.45. The van der Waals surface area contributed by atoms with Crippen molar-refractivity contribution in [3.63, 3.8) is 0 Å². The maximum absolute atomic E-state index is 4.87. The largest absolute Gasteiger partial charge is 0.349 e. The van der Waals surface area contributed by atoms with E-state index in [1.807, 2.05) is 6.07 Å². The van der Waals surface area contributed by atoms with Gasteiger partial charge in [-0.1, -0.05) is 12.1 Å². The molecule has 0 saturated heterocycles. The number of aryl methyl sites for hydroxylation is 1. The third-order valence-electron chi connectivity index (χ3n) is 4.36. The van der Waals surface area contributed by atoms with Gasteiger partial charge in [0.05, 0.1) is 22.3 Å². The van der Waals surface area contributed by atoms with Crippen LogP contribution in [0.4, 0.5) is 0 Å². The Morgan fingerprint density at radius 2 is 1.92 bits per heavy atom. The summed E-state index contributed by atoms with van der Waals surface area (Å²) in [5.74, 6) is 0. The maximum atomic E-state index is 4.87. The minimum Gasteiger partial charge on any atom is -0.349 e. The van der Waals surface area contributed by atoms with Crippen LogP contribution < -0.4 is 0 Å². The van der Waals surface area contributed by atoms with E-state index in [4.69, 9.17) is 9.97 Å². The molecule has 1 aromatic carbocycles. The first kappa shape index (κ1) is 15.5. The first-order valence-electron chi connectivity index (χ1n) is 8.11. The molecular formula is C19H19N3S2. The van der Waals surface area contributed by atoms with Gasteiger partial charge in [-0.2, -0.15) is 0 Å². The molecular weight excluding hydrogens is 334 g/mol. The van der Waals surface area contributed by atoms with Gasteiger partial charge in [0.25, 0.3) is 0 Å². The lowest BCUT2D eigenvalue weighted by atomic mass is 10.2. The van der Waals surface area contributed by atoms with E-state index in [2.05, 4.69) is 55.0 Å². The summed E-state index contributed by atoms with van der Waals surface area (Å²) in [4.78, 5) is 9.59. The van der Waals surface area contributed by atoms with Gasteiger partial charge in [0.1, 0.15) is 10.0 Å². The Labute approximate surface area is 149 Å². The topological polar surface area (TPSA) is 30.7 Å². The van der Waals surface area contributed by atoms with Crippen LogP contribution in [0.2, 0.25) is 0 Å². The molecule has 4 aromatic rings. The van der Waals surface area contributed by atoms with Gasteiger partial charge >= 0.3 is 0 Å². The minimum absolute atomic E-state index is 0.816. The highest BCUT2D eigenvalue weighted by Crippen LogP contribution is 2.30. The predicted molar refractivity (Wildman–Crippen MR) is 103 cm³/mol. The Morgan fingerprint density at radius 1 is 1.08 bits per heavy atom. The van der Waals surface area contributed by atoms with Crippen molar-refractivity contribution in [3.05, 3.63) is 57.1 Å². The molecule has 5 heteroatoms. The van der Waals surface area contributed by atoms with Gasteiger partial charge in [-0.15, -0.1) is 22.7 Å². The summed E-state index contributed by atoms with van der Waals surface area (Å²) in [5, 5.41) is 4.44. The van der Waals surface area contributed by atoms with Crippen LogP contribution in [-0.4, -0.2) is 14.5 Å². The van der Waals surface area contributed by atoms with Crippen molar-refractivity contribution >= 4 is 32.9 Å². The van der Waals surface area contributed by atoms with Gasteiger partial charge in [-0.05, 0) is 39.0 Å². The highest BCUT2D eigenvalue weighted by atomic mass is 32.1. The van der Waals surface area contributed by atoms with Crippen LogP contribution in [-0.2, 0) is 13.0 Å². The van der Waals surface area contributed by atoms with Gasteiger partial charge in [-0.25, -0.2) is 9.97 Å². The van der Waals surface area contributed by atoms with Gasteiger partial charge in [0.15, 0.2) is 0 Å². The molecule has 122 valence electrons. The van der Waals surface area contributed by atoms with E-state index in [0.29, 0.717) is 0 Å². The number of hydrogen-bond acceptors (Lipinski definition) is 4. The number of fused-ring (bicyclic) bond motifs is 1. The molecule has 0 amide bonds. The van der Waals surface area contributed by atoms with Crippen LogP contribution in [0.3, 0.4) is 0 Å². The molecule has 0 atom stereocenters. The first-order chi connectivity index (χ1) is 11.7. The van der Waals surface area contributed by atoms with Gasteiger partial charge < -0.3 is 4.57 Å². The van der Waals surface area contributed by atoms with E-state index in [9.17, 15) is 0 Å². The highest BCUT2D eigenvalue weighted by Gasteiger charge is 2.14. The number of aromatic nitrogens is 3. The summed E-state index contributed by atoms with van der Waals surface area (Å²) in [6, 6.07) is 10.5. The lowest BCUT2D eigenvalue weighted by Gasteiger charge is -2.04. The molecule has 3 heterocycles. The molecule has 0 aliphatic carbocycles. The van der Waals surface area contributed by atoms with Crippen molar-refractivity contribution < 1.29 is 0 Å². The standard InChI is InChI=1S/C19H19N3S2/c1-4-22-12(2)9-14(13(22)3)16-11-23-18(21-16)10-19-20-15-7-5-6-8-17(15)24-19/h5-9,11H,4,10H2,1-3H3. The number of nitrogens with zero attached hydrogens (tertiary/aromatic N) is 3. The fourth-order valence-corrected chi connectivity index (χ4v) is 5.05. The number of benzene rings is 1. The second-order valence-corrected chi connectivity index (χ2v) is 7.97. The van der Waals surface area contributed by atoms with Crippen molar-refractivity contribution in [2.45, 2.75) is 33.7 Å². The Bertz CT molecular complexity index is 974. The van der Waals surface area contributed by atoms with E-state index in [0.717, 1.165) is 34.2 Å². The van der Waals surface area contributed by atoms with Crippen LogP contribution in [0.25, 0.3) is 21.5 Å². The van der Waals surface area contributed by atoms with E-state index in [1.165, 1.54) is 21.7 Å². The first-order valence-corrected chi connectivity index (χ1v) is 9.81. The van der Waals surface area contributed by atoms with Gasteiger partial charge in [0, 0.05) is 28.9 Å². The number of thiazole rings is 2. The van der Waals surface area contributed by atoms with E-state index >= 15 is 0 Å². The van der Waals surface area contributed by atoms with Crippen LogP contribution in [0.1, 0.15) is 28.3 Å². The molecule has 0 unspecified atom stereocenters. The zero-order valence-corrected chi connectivity index (χ0v) is 15.7. The number of hydrogen-bond donors (Lipinski definition) is 0. The zero-order valence-electron chi connectivity index (χ0n) is 14.0. The van der Waals surface area contributed by atoms with Gasteiger partial charge in [-0.3, -0.25) is 0 Å². The minimum atomic E-state index is 0.816. The summed E-state index contributed by atoms with van der Waals surface area (Å²) >= 11 is 3.49. The lowest BCUT2D eigenvalue weighted by molar-refractivity contribution is 0.719. The van der Waals surface area contributed by atoms with E-state index in [1.54, 1.807) is 22.7 Å². The van der Waals surface area contributed by atoms with Crippen molar-refractivity contribution in [1.29, 1.82) is 0 Å². The number of para-hydroxylation sites is 1. The molecule has 4 rings (SSSR count). The quantitative estimate of drug-likeness (QED) is 0.488. The maximum Gasteiger partial charge on any atom is 0.101 e. The summed E-state index contributed by atoms with van der Waals surface area (Å²) in [5.41, 5.74) is 6.02. The zero-order chi connectivity index (χ0) is 16.7. The molecule has 0 aliphatic rings. The molecule has 0 saturated carbocycles. The Hall–Kier alpha value is -1.98. The summed E-state index contributed by atoms with van der Waals surface area (Å²) < 4.78 is 3.58. The van der Waals surface area contributed by atoms with Crippen LogP contribution >= 0.6 is 22.7 Å². The normalized spacial score (nSPS) is 11.5. The average Bonchev–Trinajstić information content (AvgIpc) is 3.25. The van der Waals surface area contributed by atoms with Crippen molar-refractivity contribution in [2.75, 3.05) is 0 Å². The Balaban J connectivity index is 1.63.